The largest absolute Gasteiger partial charge is 0.309 e. The molecule has 0 aliphatic rings. The van der Waals surface area contributed by atoms with Crippen molar-refractivity contribution in [3.63, 3.8) is 0 Å². The second-order valence-electron chi connectivity index (χ2n) is 3.47. The van der Waals surface area contributed by atoms with E-state index in [4.69, 9.17) is 11.6 Å². The topological polar surface area (TPSA) is 12.0 Å². The molecule has 0 bridgehead atoms. The Balaban J connectivity index is 2.50. The molecule has 0 aliphatic carbocycles. The van der Waals surface area contributed by atoms with Gasteiger partial charge >= 0.3 is 0 Å². The van der Waals surface area contributed by atoms with Gasteiger partial charge in [-0.3, -0.25) is 0 Å². The summed E-state index contributed by atoms with van der Waals surface area (Å²) in [6.45, 7) is 2.80. The van der Waals surface area contributed by atoms with Crippen LogP contribution >= 0.6 is 23.4 Å². The lowest BCUT2D eigenvalue weighted by Crippen LogP contribution is -2.27. The van der Waals surface area contributed by atoms with Gasteiger partial charge in [-0.15, -0.1) is 0 Å². The number of nitrogens with one attached hydrogen (secondary N) is 1. The standard InChI is InChI=1S/C11H15ClFNS/c1-8(7-15-2)14-6-9-3-4-10(13)5-11(9)12/h3-5,8,14H,6-7H2,1-2H3. The van der Waals surface area contributed by atoms with E-state index < -0.39 is 0 Å². The highest BCUT2D eigenvalue weighted by molar-refractivity contribution is 7.98. The minimum Gasteiger partial charge on any atom is -0.309 e. The second-order valence-corrected chi connectivity index (χ2v) is 4.79. The number of halogens is 2. The van der Waals surface area contributed by atoms with E-state index in [0.717, 1.165) is 11.3 Å². The van der Waals surface area contributed by atoms with Crippen molar-refractivity contribution in [2.75, 3.05) is 12.0 Å². The fourth-order valence-electron chi connectivity index (χ4n) is 1.26. The van der Waals surface area contributed by atoms with Gasteiger partial charge in [0, 0.05) is 23.4 Å². The number of hydrogen-bond acceptors (Lipinski definition) is 2. The lowest BCUT2D eigenvalue weighted by molar-refractivity contribution is 0.593. The molecule has 1 atom stereocenters. The van der Waals surface area contributed by atoms with Crippen LogP contribution in [0.4, 0.5) is 4.39 Å². The Morgan fingerprint density at radius 1 is 1.53 bits per heavy atom. The summed E-state index contributed by atoms with van der Waals surface area (Å²) >= 11 is 7.70. The molecule has 0 heterocycles. The molecule has 0 aromatic heterocycles. The third kappa shape index (κ3) is 4.41. The van der Waals surface area contributed by atoms with Gasteiger partial charge in [-0.05, 0) is 30.9 Å². The van der Waals surface area contributed by atoms with Gasteiger partial charge in [-0.25, -0.2) is 4.39 Å². The summed E-state index contributed by atoms with van der Waals surface area (Å²) in [5, 5.41) is 3.82. The van der Waals surface area contributed by atoms with Crippen LogP contribution in [0.1, 0.15) is 12.5 Å². The van der Waals surface area contributed by atoms with Crippen molar-refractivity contribution in [1.29, 1.82) is 0 Å². The van der Waals surface area contributed by atoms with Crippen LogP contribution in [0.15, 0.2) is 18.2 Å². The Hall–Kier alpha value is -0.250. The first kappa shape index (κ1) is 12.8. The smallest absolute Gasteiger partial charge is 0.124 e. The molecular weight excluding hydrogens is 233 g/mol. The molecule has 1 nitrogen and oxygen atoms in total. The molecule has 0 aliphatic heterocycles. The molecule has 15 heavy (non-hydrogen) atoms. The summed E-state index contributed by atoms with van der Waals surface area (Å²) in [5.41, 5.74) is 0.936. The zero-order valence-corrected chi connectivity index (χ0v) is 10.5. The zero-order chi connectivity index (χ0) is 11.3. The fraction of sp³-hybridized carbons (Fsp3) is 0.455. The maximum Gasteiger partial charge on any atom is 0.124 e. The van der Waals surface area contributed by atoms with Crippen LogP contribution in [-0.2, 0) is 6.54 Å². The van der Waals surface area contributed by atoms with Gasteiger partial charge in [0.05, 0.1) is 0 Å². The monoisotopic (exact) mass is 247 g/mol. The van der Waals surface area contributed by atoms with Crippen LogP contribution in [0, 0.1) is 5.82 Å². The minimum absolute atomic E-state index is 0.291. The minimum atomic E-state index is -0.291. The molecule has 1 aromatic carbocycles. The van der Waals surface area contributed by atoms with Crippen molar-refractivity contribution in [3.05, 3.63) is 34.6 Å². The molecule has 0 fully saturated rings. The van der Waals surface area contributed by atoms with Gasteiger partial charge in [0.15, 0.2) is 0 Å². The maximum absolute atomic E-state index is 12.8. The van der Waals surface area contributed by atoms with E-state index in [-0.39, 0.29) is 5.82 Å². The van der Waals surface area contributed by atoms with Gasteiger partial charge in [-0.1, -0.05) is 17.7 Å². The van der Waals surface area contributed by atoms with E-state index in [1.807, 2.05) is 0 Å². The van der Waals surface area contributed by atoms with E-state index in [1.54, 1.807) is 17.8 Å². The molecule has 0 radical (unpaired) electrons. The van der Waals surface area contributed by atoms with Gasteiger partial charge < -0.3 is 5.32 Å². The van der Waals surface area contributed by atoms with E-state index in [2.05, 4.69) is 18.5 Å². The normalized spacial score (nSPS) is 12.8. The highest BCUT2D eigenvalue weighted by Gasteiger charge is 2.04. The van der Waals surface area contributed by atoms with Crippen LogP contribution in [0.2, 0.25) is 5.02 Å². The fourth-order valence-corrected chi connectivity index (χ4v) is 2.11. The average molecular weight is 248 g/mol. The Morgan fingerprint density at radius 3 is 2.87 bits per heavy atom. The SMILES string of the molecule is CSCC(C)NCc1ccc(F)cc1Cl. The van der Waals surface area contributed by atoms with E-state index in [1.165, 1.54) is 12.1 Å². The summed E-state index contributed by atoms with van der Waals surface area (Å²) in [5.74, 6) is 0.764. The van der Waals surface area contributed by atoms with Crippen LogP contribution in [0.3, 0.4) is 0 Å². The quantitative estimate of drug-likeness (QED) is 0.857. The molecule has 0 saturated heterocycles. The first-order chi connectivity index (χ1) is 7.13. The van der Waals surface area contributed by atoms with Gasteiger partial charge in [-0.2, -0.15) is 11.8 Å². The number of hydrogen-bond donors (Lipinski definition) is 1. The lowest BCUT2D eigenvalue weighted by Gasteiger charge is -2.13. The average Bonchev–Trinajstić information content (AvgIpc) is 2.17. The van der Waals surface area contributed by atoms with Crippen LogP contribution in [0.5, 0.6) is 0 Å². The maximum atomic E-state index is 12.8. The number of rotatable bonds is 5. The van der Waals surface area contributed by atoms with Crippen molar-refractivity contribution in [2.24, 2.45) is 0 Å². The van der Waals surface area contributed by atoms with Crippen molar-refractivity contribution in [1.82, 2.24) is 5.32 Å². The summed E-state index contributed by atoms with van der Waals surface area (Å²) in [6, 6.07) is 4.93. The van der Waals surface area contributed by atoms with Crippen LogP contribution in [0.25, 0.3) is 0 Å². The van der Waals surface area contributed by atoms with Crippen molar-refractivity contribution in [2.45, 2.75) is 19.5 Å². The first-order valence-corrected chi connectivity index (χ1v) is 6.57. The molecule has 1 N–H and O–H groups in total. The predicted octanol–water partition coefficient (Wildman–Crippen LogP) is 3.32. The Morgan fingerprint density at radius 2 is 2.27 bits per heavy atom. The third-order valence-electron chi connectivity index (χ3n) is 2.07. The van der Waals surface area contributed by atoms with Crippen molar-refractivity contribution < 1.29 is 4.39 Å². The van der Waals surface area contributed by atoms with Crippen molar-refractivity contribution >= 4 is 23.4 Å². The van der Waals surface area contributed by atoms with Gasteiger partial charge in [0.1, 0.15) is 5.82 Å². The highest BCUT2D eigenvalue weighted by Crippen LogP contribution is 2.17. The molecular formula is C11H15ClFNS. The number of benzene rings is 1. The second kappa shape index (κ2) is 6.36. The third-order valence-corrected chi connectivity index (χ3v) is 3.26. The summed E-state index contributed by atoms with van der Waals surface area (Å²) in [4.78, 5) is 0. The molecule has 0 saturated carbocycles. The molecule has 1 rings (SSSR count). The van der Waals surface area contributed by atoms with E-state index in [9.17, 15) is 4.39 Å². The Bertz CT molecular complexity index is 319. The van der Waals surface area contributed by atoms with Crippen LogP contribution < -0.4 is 5.32 Å². The van der Waals surface area contributed by atoms with Crippen molar-refractivity contribution in [3.8, 4) is 0 Å². The Kier molecular flexibility index (Phi) is 5.43. The summed E-state index contributed by atoms with van der Waals surface area (Å²) in [7, 11) is 0. The molecule has 0 spiro atoms. The molecule has 0 amide bonds. The molecule has 1 unspecified atom stereocenters. The molecule has 84 valence electrons. The Labute approximate surface area is 99.4 Å². The van der Waals surface area contributed by atoms with Gasteiger partial charge in [0.25, 0.3) is 0 Å². The molecule has 4 heteroatoms. The zero-order valence-electron chi connectivity index (χ0n) is 8.89. The summed E-state index contributed by atoms with van der Waals surface area (Å²) in [6.07, 6.45) is 2.07. The molecule has 1 aromatic rings. The summed E-state index contributed by atoms with van der Waals surface area (Å²) < 4.78 is 12.8. The van der Waals surface area contributed by atoms with Gasteiger partial charge in [0.2, 0.25) is 0 Å². The van der Waals surface area contributed by atoms with Crippen LogP contribution in [-0.4, -0.2) is 18.1 Å². The lowest BCUT2D eigenvalue weighted by atomic mass is 10.2. The van der Waals surface area contributed by atoms with E-state index >= 15 is 0 Å². The first-order valence-electron chi connectivity index (χ1n) is 4.79. The highest BCUT2D eigenvalue weighted by atomic mass is 35.5. The number of thioether (sulfide) groups is 1. The van der Waals surface area contributed by atoms with E-state index in [0.29, 0.717) is 17.6 Å². The predicted molar refractivity (Wildman–Crippen MR) is 66.1 cm³/mol.